The highest BCUT2D eigenvalue weighted by Gasteiger charge is 2.16. The number of aryl methyl sites for hydroxylation is 1. The van der Waals surface area contributed by atoms with E-state index >= 15 is 0 Å². The Morgan fingerprint density at radius 3 is 1.31 bits per heavy atom. The third-order valence-corrected chi connectivity index (χ3v) is 9.90. The van der Waals surface area contributed by atoms with Gasteiger partial charge in [0.25, 0.3) is 0 Å². The number of hydrogen-bond acceptors (Lipinski definition) is 1. The quantitative estimate of drug-likeness (QED) is 0.182. The van der Waals surface area contributed by atoms with E-state index in [0.29, 0.717) is 0 Å². The summed E-state index contributed by atoms with van der Waals surface area (Å²) in [5, 5.41) is 2.48. The zero-order valence-corrected chi connectivity index (χ0v) is 28.4. The van der Waals surface area contributed by atoms with Gasteiger partial charge < -0.3 is 9.88 Å². The molecule has 0 aliphatic rings. The Morgan fingerprint density at radius 2 is 0.784 bits per heavy atom. The van der Waals surface area contributed by atoms with Gasteiger partial charge in [0, 0.05) is 38.9 Å². The summed E-state index contributed by atoms with van der Waals surface area (Å²) in [6, 6.07) is 70.0. The second-order valence-corrected chi connectivity index (χ2v) is 13.2. The molecule has 9 rings (SSSR count). The van der Waals surface area contributed by atoms with Crippen LogP contribution >= 0.6 is 0 Å². The maximum absolute atomic E-state index is 3.72. The lowest BCUT2D eigenvalue weighted by Gasteiger charge is -2.26. The molecule has 2 heteroatoms. The number of aromatic nitrogens is 1. The summed E-state index contributed by atoms with van der Waals surface area (Å²) in [7, 11) is 0. The van der Waals surface area contributed by atoms with Crippen molar-refractivity contribution in [3.05, 3.63) is 200 Å². The maximum Gasteiger partial charge on any atom is 0.0544 e. The fourth-order valence-electron chi connectivity index (χ4n) is 7.20. The molecule has 51 heavy (non-hydrogen) atoms. The van der Waals surface area contributed by atoms with Crippen LogP contribution in [0.4, 0.5) is 17.1 Å². The fourth-order valence-corrected chi connectivity index (χ4v) is 7.20. The number of hydrogen-bond donors (Lipinski definition) is 1. The van der Waals surface area contributed by atoms with Crippen molar-refractivity contribution in [2.45, 2.75) is 6.92 Å². The monoisotopic (exact) mass is 652 g/mol. The van der Waals surface area contributed by atoms with Crippen molar-refractivity contribution in [2.75, 3.05) is 4.90 Å². The normalized spacial score (nSPS) is 11.2. The number of rotatable bonds is 7. The summed E-state index contributed by atoms with van der Waals surface area (Å²) in [6.45, 7) is 2.14. The summed E-state index contributed by atoms with van der Waals surface area (Å²) >= 11 is 0. The molecule has 1 aromatic heterocycles. The van der Waals surface area contributed by atoms with Gasteiger partial charge in [-0.25, -0.2) is 0 Å². The lowest BCUT2D eigenvalue weighted by atomic mass is 9.95. The van der Waals surface area contributed by atoms with Crippen molar-refractivity contribution < 1.29 is 0 Å². The van der Waals surface area contributed by atoms with Crippen molar-refractivity contribution in [1.29, 1.82) is 0 Å². The smallest absolute Gasteiger partial charge is 0.0544 e. The molecule has 0 aliphatic carbocycles. The summed E-state index contributed by atoms with van der Waals surface area (Å²) in [6.07, 6.45) is 0. The van der Waals surface area contributed by atoms with E-state index in [1.165, 1.54) is 66.4 Å². The molecule has 0 aliphatic heterocycles. The molecule has 0 saturated heterocycles. The number of fused-ring (bicyclic) bond motifs is 3. The van der Waals surface area contributed by atoms with Gasteiger partial charge in [0.05, 0.1) is 5.52 Å². The Morgan fingerprint density at radius 1 is 0.353 bits per heavy atom. The van der Waals surface area contributed by atoms with E-state index in [2.05, 4.69) is 211 Å². The van der Waals surface area contributed by atoms with Crippen LogP contribution in [0.1, 0.15) is 5.56 Å². The molecule has 0 amide bonds. The molecular weight excluding hydrogens is 617 g/mol. The molecule has 1 N–H and O–H groups in total. The lowest BCUT2D eigenvalue weighted by molar-refractivity contribution is 1.28. The third-order valence-electron chi connectivity index (χ3n) is 9.90. The first kappa shape index (κ1) is 30.4. The van der Waals surface area contributed by atoms with E-state index < -0.39 is 0 Å². The maximum atomic E-state index is 3.72. The molecule has 8 aromatic carbocycles. The molecule has 2 nitrogen and oxygen atoms in total. The van der Waals surface area contributed by atoms with Gasteiger partial charge in [-0.3, -0.25) is 0 Å². The van der Waals surface area contributed by atoms with Crippen LogP contribution in [0.25, 0.3) is 66.3 Å². The molecular formula is C49H36N2. The SMILES string of the molecule is Cc1ccc(-c2cc(-c3ccc(N(c4ccc(-c5ccccc5)cc4)c4ccc(-c5ccccc5)cc4)cc3)cc3c2[nH]c2ccccc23)cc1. The zero-order valence-electron chi connectivity index (χ0n) is 28.4. The number of H-pyrrole nitrogens is 1. The highest BCUT2D eigenvalue weighted by atomic mass is 15.1. The van der Waals surface area contributed by atoms with E-state index in [1.807, 2.05) is 0 Å². The van der Waals surface area contributed by atoms with Crippen LogP contribution in [0.2, 0.25) is 0 Å². The van der Waals surface area contributed by atoms with Crippen LogP contribution < -0.4 is 4.90 Å². The van der Waals surface area contributed by atoms with Crippen molar-refractivity contribution in [3.8, 4) is 44.5 Å². The number of nitrogens with zero attached hydrogens (tertiary/aromatic N) is 1. The predicted molar refractivity (Wildman–Crippen MR) is 217 cm³/mol. The molecule has 0 spiro atoms. The Labute approximate surface area is 298 Å². The second kappa shape index (κ2) is 13.0. The Bertz CT molecular complexity index is 2500. The van der Waals surface area contributed by atoms with E-state index in [1.54, 1.807) is 0 Å². The average Bonchev–Trinajstić information content (AvgIpc) is 3.58. The van der Waals surface area contributed by atoms with Crippen molar-refractivity contribution in [3.63, 3.8) is 0 Å². The minimum Gasteiger partial charge on any atom is -0.354 e. The van der Waals surface area contributed by atoms with E-state index in [0.717, 1.165) is 22.6 Å². The van der Waals surface area contributed by atoms with Crippen LogP contribution in [0.3, 0.4) is 0 Å². The average molecular weight is 653 g/mol. The van der Waals surface area contributed by atoms with E-state index in [-0.39, 0.29) is 0 Å². The van der Waals surface area contributed by atoms with Gasteiger partial charge in [-0.1, -0.05) is 145 Å². The van der Waals surface area contributed by atoms with Gasteiger partial charge in [0.2, 0.25) is 0 Å². The number of anilines is 3. The molecule has 0 atom stereocenters. The van der Waals surface area contributed by atoms with Gasteiger partial charge in [-0.2, -0.15) is 0 Å². The molecule has 0 saturated carbocycles. The third kappa shape index (κ3) is 5.88. The molecule has 0 unspecified atom stereocenters. The van der Waals surface area contributed by atoms with Crippen LogP contribution in [0.5, 0.6) is 0 Å². The van der Waals surface area contributed by atoms with Crippen LogP contribution in [0, 0.1) is 6.92 Å². The van der Waals surface area contributed by atoms with Crippen molar-refractivity contribution in [2.24, 2.45) is 0 Å². The minimum atomic E-state index is 1.10. The van der Waals surface area contributed by atoms with Gasteiger partial charge in [0.1, 0.15) is 0 Å². The Kier molecular flexibility index (Phi) is 7.75. The Hall–Kier alpha value is -6.64. The van der Waals surface area contributed by atoms with Crippen molar-refractivity contribution in [1.82, 2.24) is 4.98 Å². The number of benzene rings is 8. The molecule has 0 fully saturated rings. The van der Waals surface area contributed by atoms with Gasteiger partial charge in [-0.15, -0.1) is 0 Å². The number of aromatic amines is 1. The van der Waals surface area contributed by atoms with E-state index in [9.17, 15) is 0 Å². The van der Waals surface area contributed by atoms with Crippen LogP contribution in [-0.4, -0.2) is 4.98 Å². The lowest BCUT2D eigenvalue weighted by Crippen LogP contribution is -2.09. The first-order valence-electron chi connectivity index (χ1n) is 17.5. The largest absolute Gasteiger partial charge is 0.354 e. The number of nitrogens with one attached hydrogen (secondary N) is 1. The van der Waals surface area contributed by atoms with E-state index in [4.69, 9.17) is 0 Å². The van der Waals surface area contributed by atoms with Gasteiger partial charge in [-0.05, 0) is 100 Å². The first-order chi connectivity index (χ1) is 25.2. The molecule has 242 valence electrons. The molecule has 1 heterocycles. The van der Waals surface area contributed by atoms with Gasteiger partial charge in [0.15, 0.2) is 0 Å². The Balaban J connectivity index is 1.13. The molecule has 9 aromatic rings. The topological polar surface area (TPSA) is 19.0 Å². The van der Waals surface area contributed by atoms with Crippen molar-refractivity contribution >= 4 is 38.9 Å². The standard InChI is InChI=1S/C49H36N2/c1-34-16-18-40(19-17-34)46-32-41(33-47-45-14-8-9-15-48(45)50-49(46)47)39-24-30-44(31-25-39)51(42-26-20-37(21-27-42)35-10-4-2-5-11-35)43-28-22-38(23-29-43)36-12-6-3-7-13-36/h2-33,50H,1H3. The highest BCUT2D eigenvalue weighted by Crippen LogP contribution is 2.40. The van der Waals surface area contributed by atoms with Crippen LogP contribution in [0.15, 0.2) is 194 Å². The van der Waals surface area contributed by atoms with Gasteiger partial charge >= 0.3 is 0 Å². The second-order valence-electron chi connectivity index (χ2n) is 13.2. The highest BCUT2D eigenvalue weighted by molar-refractivity contribution is 6.13. The summed E-state index contributed by atoms with van der Waals surface area (Å²) in [4.78, 5) is 6.06. The molecule has 0 radical (unpaired) electrons. The fraction of sp³-hybridized carbons (Fsp3) is 0.0204. The zero-order chi connectivity index (χ0) is 34.1. The number of para-hydroxylation sites is 1. The minimum absolute atomic E-state index is 1.10. The first-order valence-corrected chi connectivity index (χ1v) is 17.5. The summed E-state index contributed by atoms with van der Waals surface area (Å²) in [5.74, 6) is 0. The van der Waals surface area contributed by atoms with Crippen LogP contribution in [-0.2, 0) is 0 Å². The molecule has 0 bridgehead atoms. The summed E-state index contributed by atoms with van der Waals surface area (Å²) in [5.41, 5.74) is 16.5. The predicted octanol–water partition coefficient (Wildman–Crippen LogP) is 13.8. The summed E-state index contributed by atoms with van der Waals surface area (Å²) < 4.78 is 0.